The van der Waals surface area contributed by atoms with Gasteiger partial charge in [-0.3, -0.25) is 33.6 Å². The molecule has 0 bridgehead atoms. The smallest absolute Gasteiger partial charge is 0.251 e. The Bertz CT molecular complexity index is 2720. The number of aromatic hydroxyl groups is 1. The molecule has 13 atom stereocenters. The highest BCUT2D eigenvalue weighted by molar-refractivity contribution is 6.00. The number of carbonyl (C=O) groups is 7. The summed E-state index contributed by atoms with van der Waals surface area (Å²) in [5.41, 5.74) is 4.00. The largest absolute Gasteiger partial charge is 0.508 e. The van der Waals surface area contributed by atoms with Crippen molar-refractivity contribution >= 4 is 41.4 Å². The summed E-state index contributed by atoms with van der Waals surface area (Å²) in [4.78, 5) is 101. The van der Waals surface area contributed by atoms with Gasteiger partial charge in [0, 0.05) is 50.4 Å². The molecule has 0 radical (unpaired) electrons. The molecule has 3 fully saturated rings. The maximum Gasteiger partial charge on any atom is 0.251 e. The number of hydrogen-bond acceptors (Lipinski definition) is 15. The summed E-state index contributed by atoms with van der Waals surface area (Å²) in [5, 5.41) is 89.2. The molecule has 0 aliphatic carbocycles. The first kappa shape index (κ1) is 56.3. The van der Waals surface area contributed by atoms with Gasteiger partial charge in [-0.15, -0.1) is 0 Å². The lowest BCUT2D eigenvalue weighted by atomic mass is 9.99. The van der Waals surface area contributed by atoms with Gasteiger partial charge in [0.2, 0.25) is 35.4 Å². The number of phenolic OH excluding ortho intramolecular Hbond substituents is 1. The molecule has 22 nitrogen and oxygen atoms in total. The fourth-order valence-electron chi connectivity index (χ4n) is 9.67. The second-order valence-electron chi connectivity index (χ2n) is 19.7. The number of aliphatic hydroxyl groups excluding tert-OH is 6. The van der Waals surface area contributed by atoms with Crippen LogP contribution in [0, 0.1) is 5.92 Å². The Hall–Kier alpha value is -7.47. The second kappa shape index (κ2) is 24.5. The summed E-state index contributed by atoms with van der Waals surface area (Å²) in [6.07, 6.45) is -10.9. The van der Waals surface area contributed by atoms with E-state index in [9.17, 15) is 69.3 Å². The Morgan fingerprint density at radius 2 is 1.16 bits per heavy atom. The Balaban J connectivity index is 1.18. The number of rotatable bonds is 10. The molecule has 13 unspecified atom stereocenters. The number of aliphatic hydroxyl groups is 6. The number of amides is 7. The van der Waals surface area contributed by atoms with Crippen molar-refractivity contribution in [3.8, 4) is 33.8 Å². The molecular weight excluding hydrogens is 987 g/mol. The number of phenols is 1. The number of nitrogens with zero attached hydrogens (tertiary/aromatic N) is 2. The van der Waals surface area contributed by atoms with Crippen LogP contribution < -0.4 is 31.3 Å². The predicted molar refractivity (Wildman–Crippen MR) is 273 cm³/mol. The fourth-order valence-corrected chi connectivity index (χ4v) is 9.67. The van der Waals surface area contributed by atoms with Crippen LogP contribution in [0.15, 0.2) is 97.1 Å². The molecular formula is C54H65N7O15. The van der Waals surface area contributed by atoms with Gasteiger partial charge in [-0.25, -0.2) is 0 Å². The lowest BCUT2D eigenvalue weighted by molar-refractivity contribution is -0.147. The monoisotopic (exact) mass is 1050 g/mol. The quantitative estimate of drug-likeness (QED) is 0.0879. The van der Waals surface area contributed by atoms with E-state index in [1.807, 2.05) is 48.5 Å². The first-order valence-electron chi connectivity index (χ1n) is 25.0. The van der Waals surface area contributed by atoms with E-state index in [1.165, 1.54) is 43.3 Å². The lowest BCUT2D eigenvalue weighted by Gasteiger charge is -2.33. The molecule has 0 aromatic heterocycles. The van der Waals surface area contributed by atoms with E-state index in [4.69, 9.17) is 4.74 Å². The molecule has 4 aromatic rings. The van der Waals surface area contributed by atoms with E-state index in [1.54, 1.807) is 26.2 Å². The number of ether oxygens (including phenoxy) is 1. The van der Waals surface area contributed by atoms with Crippen LogP contribution in [0.25, 0.3) is 22.3 Å². The summed E-state index contributed by atoms with van der Waals surface area (Å²) in [5.74, 6) is -7.36. The third kappa shape index (κ3) is 13.1. The van der Waals surface area contributed by atoms with E-state index in [2.05, 4.69) is 26.6 Å². The van der Waals surface area contributed by atoms with Gasteiger partial charge in [-0.1, -0.05) is 67.6 Å². The van der Waals surface area contributed by atoms with Gasteiger partial charge in [0.15, 0.2) is 0 Å². The minimum Gasteiger partial charge on any atom is -0.508 e. The average Bonchev–Trinajstić information content (AvgIpc) is 3.96. The summed E-state index contributed by atoms with van der Waals surface area (Å²) in [6.45, 7) is 2.53. The zero-order valence-corrected chi connectivity index (χ0v) is 42.3. The Morgan fingerprint density at radius 3 is 1.71 bits per heavy atom. The normalized spacial score (nSPS) is 27.3. The highest BCUT2D eigenvalue weighted by Crippen LogP contribution is 2.29. The molecule has 406 valence electrons. The maximum absolute atomic E-state index is 14.4. The minimum absolute atomic E-state index is 0.0867. The molecule has 22 heteroatoms. The highest BCUT2D eigenvalue weighted by atomic mass is 16.5. The topological polar surface area (TPSA) is 337 Å². The van der Waals surface area contributed by atoms with Crippen LogP contribution in [-0.4, -0.2) is 187 Å². The van der Waals surface area contributed by atoms with Crippen LogP contribution in [0.1, 0.15) is 49.5 Å². The van der Waals surface area contributed by atoms with Crippen molar-refractivity contribution in [2.24, 2.45) is 5.92 Å². The fraction of sp³-hybridized carbons (Fsp3) is 0.426. The number of hydrogen-bond donors (Lipinski definition) is 12. The number of carbonyl (C=O) groups excluding carboxylic acids is 7. The van der Waals surface area contributed by atoms with Gasteiger partial charge < -0.3 is 76.9 Å². The molecule has 3 saturated heterocycles. The second-order valence-corrected chi connectivity index (χ2v) is 19.7. The standard InChI is InChI=1S/C54H65N7O15/c1-27-25-61-46(47(27)68)52(73)55-24-37(65)22-40(56-48(69)35-13-11-33(12-14-35)31-7-9-32(10-8-31)34-15-19-39(76-4)20-16-34)49(70)57-43(28(2)62)53(74)60-26-38(66)23-41(60)50(71)59-45(51(72)58-44(29(3)63)54(61)75)42(67)21-30-5-17-36(64)18-6-30/h5-20,27-29,37-38,40-47,62-68H,21-26H2,1-4H3,(H,55,73)(H,56,69)(H,57,70)(H,58,72)(H,59,71). The molecule has 7 amide bonds. The first-order valence-corrected chi connectivity index (χ1v) is 25.0. The number of β-amino-alcohol motifs (C(OH)–C–C–N with tert-alkyl or cyclic N) is 1. The van der Waals surface area contributed by atoms with E-state index < -0.39 is 146 Å². The number of benzene rings is 4. The van der Waals surface area contributed by atoms with Crippen molar-refractivity contribution in [3.05, 3.63) is 108 Å². The zero-order chi connectivity index (χ0) is 55.1. The molecule has 0 spiro atoms. The molecule has 12 N–H and O–H groups in total. The SMILES string of the molecule is COc1ccc(-c2ccc(-c3ccc(C(=O)NC4CC(O)CNC(=O)C5C(O)C(C)CN5C(=O)C(C(C)O)NC(=O)C(C(O)Cc5ccc(O)cc5)NC(=O)C5CC(O)CN5C(=O)C(C(C)O)NC4=O)cc3)cc2)cc1. The van der Waals surface area contributed by atoms with Crippen LogP contribution in [0.5, 0.6) is 11.5 Å². The Labute approximate surface area is 438 Å². The average molecular weight is 1050 g/mol. The van der Waals surface area contributed by atoms with E-state index in [0.29, 0.717) is 5.56 Å². The zero-order valence-electron chi connectivity index (χ0n) is 42.3. The van der Waals surface area contributed by atoms with Crippen molar-refractivity contribution in [3.63, 3.8) is 0 Å². The molecule has 3 heterocycles. The van der Waals surface area contributed by atoms with Gasteiger partial charge in [0.25, 0.3) is 5.91 Å². The highest BCUT2D eigenvalue weighted by Gasteiger charge is 2.49. The van der Waals surface area contributed by atoms with E-state index in [-0.39, 0.29) is 24.3 Å². The van der Waals surface area contributed by atoms with Gasteiger partial charge in [-0.2, -0.15) is 0 Å². The summed E-state index contributed by atoms with van der Waals surface area (Å²) in [6, 6.07) is 16.7. The maximum atomic E-state index is 14.4. The van der Waals surface area contributed by atoms with E-state index >= 15 is 0 Å². The third-order valence-corrected chi connectivity index (χ3v) is 14.0. The van der Waals surface area contributed by atoms with Crippen molar-refractivity contribution in [1.82, 2.24) is 36.4 Å². The van der Waals surface area contributed by atoms with Crippen molar-refractivity contribution in [2.75, 3.05) is 26.7 Å². The van der Waals surface area contributed by atoms with Crippen molar-refractivity contribution in [2.45, 2.75) is 113 Å². The molecule has 0 saturated carbocycles. The van der Waals surface area contributed by atoms with Crippen LogP contribution in [-0.2, 0) is 35.2 Å². The predicted octanol–water partition coefficient (Wildman–Crippen LogP) is -1.30. The van der Waals surface area contributed by atoms with E-state index in [0.717, 1.165) is 44.7 Å². The lowest BCUT2D eigenvalue weighted by Crippen LogP contribution is -2.64. The number of nitrogens with one attached hydrogen (secondary N) is 5. The van der Waals surface area contributed by atoms with Gasteiger partial charge in [-0.05, 0) is 78.1 Å². The molecule has 76 heavy (non-hydrogen) atoms. The molecule has 3 aliphatic rings. The van der Waals surface area contributed by atoms with Crippen LogP contribution >= 0.6 is 0 Å². The van der Waals surface area contributed by atoms with Crippen molar-refractivity contribution < 1.29 is 74.0 Å². The third-order valence-electron chi connectivity index (χ3n) is 14.0. The minimum atomic E-state index is -1.94. The summed E-state index contributed by atoms with van der Waals surface area (Å²) >= 11 is 0. The van der Waals surface area contributed by atoms with Gasteiger partial charge >= 0.3 is 0 Å². The van der Waals surface area contributed by atoms with Gasteiger partial charge in [0.05, 0.1) is 43.7 Å². The first-order chi connectivity index (χ1) is 36.1. The number of fused-ring (bicyclic) bond motifs is 2. The Kier molecular flexibility index (Phi) is 18.1. The van der Waals surface area contributed by atoms with Crippen molar-refractivity contribution in [1.29, 1.82) is 0 Å². The van der Waals surface area contributed by atoms with Gasteiger partial charge in [0.1, 0.15) is 47.8 Å². The summed E-state index contributed by atoms with van der Waals surface area (Å²) in [7, 11) is 1.59. The summed E-state index contributed by atoms with van der Waals surface area (Å²) < 4.78 is 5.26. The van der Waals surface area contributed by atoms with Crippen LogP contribution in [0.3, 0.4) is 0 Å². The Morgan fingerprint density at radius 1 is 0.645 bits per heavy atom. The molecule has 7 rings (SSSR count). The van der Waals surface area contributed by atoms with Crippen LogP contribution in [0.2, 0.25) is 0 Å². The van der Waals surface area contributed by atoms with Crippen LogP contribution in [0.4, 0.5) is 0 Å². The number of methoxy groups -OCH3 is 1. The molecule has 3 aliphatic heterocycles. The molecule has 4 aromatic carbocycles.